The second-order valence-corrected chi connectivity index (χ2v) is 6.37. The molecule has 1 aromatic rings. The summed E-state index contributed by atoms with van der Waals surface area (Å²) in [6.45, 7) is 7.66. The highest BCUT2D eigenvalue weighted by Crippen LogP contribution is 2.24. The van der Waals surface area contributed by atoms with Gasteiger partial charge in [-0.25, -0.2) is 4.79 Å². The van der Waals surface area contributed by atoms with Gasteiger partial charge in [0.1, 0.15) is 5.76 Å². The smallest absolute Gasteiger partial charge is 0.314 e. The third-order valence-electron chi connectivity index (χ3n) is 4.73. The van der Waals surface area contributed by atoms with Gasteiger partial charge < -0.3 is 19.8 Å². The molecule has 2 N–H and O–H groups in total. The molecule has 0 bridgehead atoms. The number of ether oxygens (including phenoxy) is 1. The van der Waals surface area contributed by atoms with E-state index in [1.165, 1.54) is 12.8 Å². The second kappa shape index (κ2) is 9.05. The maximum Gasteiger partial charge on any atom is 0.314 e. The lowest BCUT2D eigenvalue weighted by Gasteiger charge is -2.27. The van der Waals surface area contributed by atoms with Crippen molar-refractivity contribution in [2.75, 3.05) is 59.0 Å². The normalized spacial score (nSPS) is 20.8. The lowest BCUT2D eigenvalue weighted by Crippen LogP contribution is -2.45. The number of hydrogen-bond acceptors (Lipinski definition) is 5. The van der Waals surface area contributed by atoms with E-state index >= 15 is 0 Å². The third-order valence-corrected chi connectivity index (χ3v) is 4.73. The zero-order chi connectivity index (χ0) is 16.6. The van der Waals surface area contributed by atoms with Gasteiger partial charge in [-0.05, 0) is 38.1 Å². The first-order valence-electron chi connectivity index (χ1n) is 8.92. The van der Waals surface area contributed by atoms with Crippen LogP contribution in [0.1, 0.15) is 24.6 Å². The Morgan fingerprint density at radius 1 is 1.17 bits per heavy atom. The predicted molar refractivity (Wildman–Crippen MR) is 90.9 cm³/mol. The van der Waals surface area contributed by atoms with Crippen molar-refractivity contribution >= 4 is 6.03 Å². The summed E-state index contributed by atoms with van der Waals surface area (Å²) < 4.78 is 10.9. The first kappa shape index (κ1) is 17.3. The van der Waals surface area contributed by atoms with Gasteiger partial charge in [0.05, 0.1) is 25.5 Å². The molecule has 3 heterocycles. The number of nitrogens with zero attached hydrogens (tertiary/aromatic N) is 2. The number of likely N-dealkylation sites (tertiary alicyclic amines) is 1. The lowest BCUT2D eigenvalue weighted by molar-refractivity contribution is 0.0387. The van der Waals surface area contributed by atoms with E-state index in [0.717, 1.165) is 51.7 Å². The fourth-order valence-electron chi connectivity index (χ4n) is 3.35. The Morgan fingerprint density at radius 3 is 2.67 bits per heavy atom. The fraction of sp³-hybridized carbons (Fsp3) is 0.706. The molecule has 24 heavy (non-hydrogen) atoms. The summed E-state index contributed by atoms with van der Waals surface area (Å²) in [4.78, 5) is 16.7. The number of furan rings is 1. The van der Waals surface area contributed by atoms with Crippen LogP contribution >= 0.6 is 0 Å². The third kappa shape index (κ3) is 4.96. The van der Waals surface area contributed by atoms with Crippen LogP contribution in [0.5, 0.6) is 0 Å². The Bertz CT molecular complexity index is 482. The molecule has 2 saturated heterocycles. The van der Waals surface area contributed by atoms with E-state index in [9.17, 15) is 4.79 Å². The molecule has 7 heteroatoms. The van der Waals surface area contributed by atoms with E-state index in [1.54, 1.807) is 6.26 Å². The van der Waals surface area contributed by atoms with Gasteiger partial charge in [0.2, 0.25) is 0 Å². The Balaban J connectivity index is 1.39. The van der Waals surface area contributed by atoms with Crippen LogP contribution in [0.15, 0.2) is 22.8 Å². The average molecular weight is 336 g/mol. The molecule has 2 fully saturated rings. The predicted octanol–water partition coefficient (Wildman–Crippen LogP) is 1.05. The van der Waals surface area contributed by atoms with Gasteiger partial charge in [-0.15, -0.1) is 0 Å². The summed E-state index contributed by atoms with van der Waals surface area (Å²) in [5.74, 6) is 0.922. The van der Waals surface area contributed by atoms with E-state index in [-0.39, 0.29) is 12.1 Å². The molecular weight excluding hydrogens is 308 g/mol. The highest BCUT2D eigenvalue weighted by atomic mass is 16.5. The van der Waals surface area contributed by atoms with Crippen LogP contribution in [0.2, 0.25) is 0 Å². The summed E-state index contributed by atoms with van der Waals surface area (Å²) in [6.07, 6.45) is 4.12. The monoisotopic (exact) mass is 336 g/mol. The van der Waals surface area contributed by atoms with Crippen LogP contribution in [0, 0.1) is 0 Å². The van der Waals surface area contributed by atoms with Gasteiger partial charge in [-0.2, -0.15) is 0 Å². The van der Waals surface area contributed by atoms with Gasteiger partial charge in [0.15, 0.2) is 0 Å². The molecule has 0 saturated carbocycles. The van der Waals surface area contributed by atoms with Crippen LogP contribution in [0.3, 0.4) is 0 Å². The summed E-state index contributed by atoms with van der Waals surface area (Å²) in [7, 11) is 0. The number of hydrogen-bond donors (Lipinski definition) is 2. The van der Waals surface area contributed by atoms with Crippen molar-refractivity contribution in [2.24, 2.45) is 0 Å². The zero-order valence-corrected chi connectivity index (χ0v) is 14.2. The van der Waals surface area contributed by atoms with Gasteiger partial charge in [-0.3, -0.25) is 9.80 Å². The maximum absolute atomic E-state index is 12.1. The summed E-state index contributed by atoms with van der Waals surface area (Å²) >= 11 is 0. The van der Waals surface area contributed by atoms with E-state index < -0.39 is 0 Å². The number of amides is 2. The van der Waals surface area contributed by atoms with E-state index in [2.05, 4.69) is 20.4 Å². The Labute approximate surface area is 143 Å². The molecule has 1 atom stereocenters. The van der Waals surface area contributed by atoms with E-state index in [4.69, 9.17) is 9.15 Å². The van der Waals surface area contributed by atoms with Crippen molar-refractivity contribution in [3.63, 3.8) is 0 Å². The van der Waals surface area contributed by atoms with Crippen molar-refractivity contribution in [1.82, 2.24) is 20.4 Å². The molecule has 1 aromatic heterocycles. The minimum atomic E-state index is -0.112. The molecule has 3 rings (SSSR count). The first-order chi connectivity index (χ1) is 11.8. The Morgan fingerprint density at radius 2 is 1.96 bits per heavy atom. The van der Waals surface area contributed by atoms with Gasteiger partial charge >= 0.3 is 6.03 Å². The van der Waals surface area contributed by atoms with Crippen molar-refractivity contribution in [1.29, 1.82) is 0 Å². The van der Waals surface area contributed by atoms with Crippen LogP contribution in [-0.2, 0) is 4.74 Å². The summed E-state index contributed by atoms with van der Waals surface area (Å²) in [5.41, 5.74) is 0. The first-order valence-corrected chi connectivity index (χ1v) is 8.92. The highest BCUT2D eigenvalue weighted by molar-refractivity contribution is 5.73. The molecule has 0 aliphatic carbocycles. The molecule has 2 aliphatic heterocycles. The quantitative estimate of drug-likeness (QED) is 0.779. The van der Waals surface area contributed by atoms with Crippen molar-refractivity contribution < 1.29 is 13.9 Å². The SMILES string of the molecule is O=C(NCCN1CCOCC1)NC[C@@H](c1ccco1)N1CCCC1. The van der Waals surface area contributed by atoms with Crippen LogP contribution in [0.25, 0.3) is 0 Å². The number of urea groups is 1. The minimum Gasteiger partial charge on any atom is -0.468 e. The van der Waals surface area contributed by atoms with Crippen LogP contribution in [0.4, 0.5) is 4.79 Å². The van der Waals surface area contributed by atoms with Crippen molar-refractivity contribution in [3.8, 4) is 0 Å². The minimum absolute atomic E-state index is 0.112. The highest BCUT2D eigenvalue weighted by Gasteiger charge is 2.25. The molecular formula is C17H28N4O3. The molecule has 0 radical (unpaired) electrons. The van der Waals surface area contributed by atoms with Crippen molar-refractivity contribution in [3.05, 3.63) is 24.2 Å². The lowest BCUT2D eigenvalue weighted by atomic mass is 10.2. The summed E-state index contributed by atoms with van der Waals surface area (Å²) in [6, 6.07) is 3.90. The average Bonchev–Trinajstić information content (AvgIpc) is 3.30. The summed E-state index contributed by atoms with van der Waals surface area (Å²) in [5, 5.41) is 5.93. The Hall–Kier alpha value is -1.57. The van der Waals surface area contributed by atoms with E-state index in [1.807, 2.05) is 12.1 Å². The number of carbonyl (C=O) groups excluding carboxylic acids is 1. The largest absolute Gasteiger partial charge is 0.468 e. The molecule has 0 unspecified atom stereocenters. The number of carbonyl (C=O) groups is 1. The molecule has 0 spiro atoms. The number of nitrogens with one attached hydrogen (secondary N) is 2. The standard InChI is InChI=1S/C17H28N4O3/c22-17(18-5-8-20-9-12-23-13-10-20)19-14-15(16-4-3-11-24-16)21-6-1-2-7-21/h3-4,11,15H,1-2,5-10,12-14H2,(H2,18,19,22)/t15-/m0/s1. The van der Waals surface area contributed by atoms with Crippen molar-refractivity contribution in [2.45, 2.75) is 18.9 Å². The molecule has 134 valence electrons. The topological polar surface area (TPSA) is 70.0 Å². The molecule has 2 amide bonds. The number of morpholine rings is 1. The zero-order valence-electron chi connectivity index (χ0n) is 14.2. The van der Waals surface area contributed by atoms with Gasteiger partial charge in [0, 0.05) is 32.7 Å². The number of rotatable bonds is 7. The molecule has 2 aliphatic rings. The fourth-order valence-corrected chi connectivity index (χ4v) is 3.35. The molecule has 0 aromatic carbocycles. The Kier molecular flexibility index (Phi) is 6.51. The second-order valence-electron chi connectivity index (χ2n) is 6.37. The van der Waals surface area contributed by atoms with Gasteiger partial charge in [0.25, 0.3) is 0 Å². The van der Waals surface area contributed by atoms with Crippen LogP contribution in [-0.4, -0.2) is 74.9 Å². The van der Waals surface area contributed by atoms with Crippen LogP contribution < -0.4 is 10.6 Å². The van der Waals surface area contributed by atoms with Gasteiger partial charge in [-0.1, -0.05) is 0 Å². The maximum atomic E-state index is 12.1. The van der Waals surface area contributed by atoms with E-state index in [0.29, 0.717) is 13.1 Å². The molecule has 7 nitrogen and oxygen atoms in total.